The largest absolute Gasteiger partial charge is 0.456 e. The van der Waals surface area contributed by atoms with Crippen LogP contribution in [0.1, 0.15) is 72.8 Å². The van der Waals surface area contributed by atoms with Crippen LogP contribution >= 0.6 is 0 Å². The first kappa shape index (κ1) is 26.5. The van der Waals surface area contributed by atoms with Crippen LogP contribution in [0.4, 0.5) is 0 Å². The summed E-state index contributed by atoms with van der Waals surface area (Å²) in [7, 11) is 0. The Bertz CT molecular complexity index is 1460. The lowest BCUT2D eigenvalue weighted by atomic mass is 10.0. The number of hydrogen-bond acceptors (Lipinski definition) is 5. The van der Waals surface area contributed by atoms with Gasteiger partial charge in [0.15, 0.2) is 0 Å². The fourth-order valence-corrected chi connectivity index (χ4v) is 5.19. The molecule has 1 aromatic heterocycles. The van der Waals surface area contributed by atoms with Gasteiger partial charge in [0.2, 0.25) is 5.91 Å². The fraction of sp³-hybridized carbons (Fsp3) is 0.406. The number of aryl methyl sites for hydroxylation is 1. The third kappa shape index (κ3) is 6.33. The van der Waals surface area contributed by atoms with Gasteiger partial charge in [-0.05, 0) is 54.8 Å². The third-order valence-corrected chi connectivity index (χ3v) is 7.47. The van der Waals surface area contributed by atoms with Gasteiger partial charge in [0.25, 0.3) is 0 Å². The summed E-state index contributed by atoms with van der Waals surface area (Å²) in [6.07, 6.45) is 7.51. The highest BCUT2D eigenvalue weighted by Gasteiger charge is 2.26. The van der Waals surface area contributed by atoms with E-state index in [0.29, 0.717) is 49.8 Å². The van der Waals surface area contributed by atoms with E-state index in [1.807, 2.05) is 54.4 Å². The van der Waals surface area contributed by atoms with E-state index in [2.05, 4.69) is 39.3 Å². The van der Waals surface area contributed by atoms with E-state index >= 15 is 0 Å². The minimum absolute atomic E-state index is 0.109. The third-order valence-electron chi connectivity index (χ3n) is 7.47. The van der Waals surface area contributed by atoms with Gasteiger partial charge in [0, 0.05) is 50.9 Å². The molecule has 1 saturated heterocycles. The van der Waals surface area contributed by atoms with Gasteiger partial charge >= 0.3 is 0 Å². The number of fused-ring (bicyclic) bond motifs is 2. The van der Waals surface area contributed by atoms with E-state index in [4.69, 9.17) is 4.74 Å². The smallest absolute Gasteiger partial charge is 0.237 e. The van der Waals surface area contributed by atoms with Crippen molar-refractivity contribution < 1.29 is 9.53 Å². The Balaban J connectivity index is 1.51. The summed E-state index contributed by atoms with van der Waals surface area (Å²) in [5, 5.41) is 9.75. The number of imidazole rings is 1. The zero-order chi connectivity index (χ0) is 27.2. The molecule has 1 fully saturated rings. The van der Waals surface area contributed by atoms with Crippen LogP contribution in [0, 0.1) is 30.1 Å². The van der Waals surface area contributed by atoms with E-state index in [-0.39, 0.29) is 5.91 Å². The molecule has 7 nitrogen and oxygen atoms in total. The first-order chi connectivity index (χ1) is 19.0. The van der Waals surface area contributed by atoms with Crippen molar-refractivity contribution in [2.24, 2.45) is 0 Å². The van der Waals surface area contributed by atoms with Crippen LogP contribution in [0.25, 0.3) is 0 Å². The van der Waals surface area contributed by atoms with Crippen molar-refractivity contribution in [3.8, 4) is 29.4 Å². The Morgan fingerprint density at radius 2 is 1.87 bits per heavy atom. The summed E-state index contributed by atoms with van der Waals surface area (Å²) in [5.74, 6) is 8.85. The van der Waals surface area contributed by atoms with Crippen LogP contribution < -0.4 is 4.74 Å². The van der Waals surface area contributed by atoms with Gasteiger partial charge < -0.3 is 14.2 Å². The SMILES string of the molecule is CCCCCCC#Cc1ccc2cc1CN1CCN(CC1=O)Cc1cnc(C)n1Cc1ccc(C#N)c(c1)O2. The monoisotopic (exact) mass is 521 g/mol. The molecule has 0 saturated carbocycles. The van der Waals surface area contributed by atoms with E-state index < -0.39 is 0 Å². The number of nitriles is 1. The summed E-state index contributed by atoms with van der Waals surface area (Å²) in [5.41, 5.74) is 4.44. The molecule has 0 aliphatic carbocycles. The molecule has 6 rings (SSSR count). The molecule has 39 heavy (non-hydrogen) atoms. The van der Waals surface area contributed by atoms with Crippen molar-refractivity contribution in [3.05, 3.63) is 76.4 Å². The summed E-state index contributed by atoms with van der Waals surface area (Å²) < 4.78 is 8.47. The van der Waals surface area contributed by atoms with Crippen molar-refractivity contribution in [2.75, 3.05) is 19.6 Å². The molecule has 0 radical (unpaired) electrons. The van der Waals surface area contributed by atoms with Crippen LogP contribution in [0.3, 0.4) is 0 Å². The van der Waals surface area contributed by atoms with Crippen LogP contribution in [0.15, 0.2) is 42.6 Å². The summed E-state index contributed by atoms with van der Waals surface area (Å²) in [6, 6.07) is 13.8. The lowest BCUT2D eigenvalue weighted by molar-refractivity contribution is -0.136. The number of piperazine rings is 1. The Labute approximate surface area is 231 Å². The molecule has 4 heterocycles. The number of hydrogen-bond donors (Lipinski definition) is 0. The first-order valence-electron chi connectivity index (χ1n) is 13.9. The second-order valence-corrected chi connectivity index (χ2v) is 10.4. The molecule has 1 atom stereocenters. The number of carbonyl (C=O) groups is 1. The highest BCUT2D eigenvalue weighted by Crippen LogP contribution is 2.30. The van der Waals surface area contributed by atoms with Crippen LogP contribution in [-0.2, 0) is 24.4 Å². The summed E-state index contributed by atoms with van der Waals surface area (Å²) >= 11 is 0. The van der Waals surface area contributed by atoms with E-state index in [9.17, 15) is 10.1 Å². The number of amides is 1. The second kappa shape index (κ2) is 12.2. The first-order valence-corrected chi connectivity index (χ1v) is 13.9. The standard InChI is InChI=1S/C32H35N5O2/c1-3-4-5-6-7-8-9-26-12-13-30-17-28(26)21-36-15-14-35(23-32(36)38)22-29-19-34-24(2)37(29)20-25-10-11-27(18-33)31(16-25)39-30/h10-13,16-17,19H,3-7,14-15,20-23H2,1-2H3. The van der Waals surface area contributed by atoms with Crippen LogP contribution in [0.2, 0.25) is 0 Å². The van der Waals surface area contributed by atoms with Gasteiger partial charge in [-0.2, -0.15) is 5.26 Å². The maximum absolute atomic E-state index is 13.2. The van der Waals surface area contributed by atoms with Crippen molar-refractivity contribution in [3.63, 3.8) is 0 Å². The van der Waals surface area contributed by atoms with E-state index in [0.717, 1.165) is 47.6 Å². The van der Waals surface area contributed by atoms with Gasteiger partial charge in [-0.15, -0.1) is 0 Å². The molecule has 6 bridgehead atoms. The molecule has 0 N–H and O–H groups in total. The lowest BCUT2D eigenvalue weighted by Crippen LogP contribution is -2.49. The molecule has 2 aromatic carbocycles. The Morgan fingerprint density at radius 1 is 1.00 bits per heavy atom. The molecule has 200 valence electrons. The molecule has 0 spiro atoms. The van der Waals surface area contributed by atoms with Crippen LogP contribution in [-0.4, -0.2) is 44.9 Å². The molecule has 7 heteroatoms. The number of ether oxygens (including phenoxy) is 1. The molecule has 1 unspecified atom stereocenters. The maximum atomic E-state index is 13.2. The zero-order valence-corrected chi connectivity index (χ0v) is 22.9. The second-order valence-electron chi connectivity index (χ2n) is 10.4. The van der Waals surface area contributed by atoms with Gasteiger partial charge in [-0.25, -0.2) is 4.98 Å². The normalized spacial score (nSPS) is 16.6. The van der Waals surface area contributed by atoms with Crippen molar-refractivity contribution in [1.29, 1.82) is 5.26 Å². The number of rotatable bonds is 4. The maximum Gasteiger partial charge on any atom is 0.237 e. The summed E-state index contributed by atoms with van der Waals surface area (Å²) in [6.45, 7) is 7.76. The predicted molar refractivity (Wildman–Crippen MR) is 150 cm³/mol. The van der Waals surface area contributed by atoms with Crippen molar-refractivity contribution in [2.45, 2.75) is 65.6 Å². The molecule has 3 aliphatic rings. The van der Waals surface area contributed by atoms with Gasteiger partial charge in [0.1, 0.15) is 23.4 Å². The molecule has 3 aromatic rings. The zero-order valence-electron chi connectivity index (χ0n) is 22.9. The predicted octanol–water partition coefficient (Wildman–Crippen LogP) is 5.38. The Morgan fingerprint density at radius 3 is 2.69 bits per heavy atom. The number of unbranched alkanes of at least 4 members (excludes halogenated alkanes) is 4. The van der Waals surface area contributed by atoms with Crippen molar-refractivity contribution >= 4 is 5.91 Å². The average molecular weight is 522 g/mol. The van der Waals surface area contributed by atoms with Crippen LogP contribution in [0.5, 0.6) is 11.5 Å². The van der Waals surface area contributed by atoms with E-state index in [1.165, 1.54) is 19.3 Å². The quantitative estimate of drug-likeness (QED) is 0.340. The molecular formula is C32H35N5O2. The van der Waals surface area contributed by atoms with E-state index in [1.54, 1.807) is 0 Å². The number of nitrogens with zero attached hydrogens (tertiary/aromatic N) is 5. The number of carbonyl (C=O) groups excluding carboxylic acids is 1. The molecule has 3 aliphatic heterocycles. The Hall–Kier alpha value is -4.07. The minimum Gasteiger partial charge on any atom is -0.456 e. The molecular weight excluding hydrogens is 486 g/mol. The number of benzene rings is 2. The summed E-state index contributed by atoms with van der Waals surface area (Å²) in [4.78, 5) is 21.9. The lowest BCUT2D eigenvalue weighted by Gasteiger charge is -2.34. The Kier molecular flexibility index (Phi) is 8.30. The topological polar surface area (TPSA) is 74.4 Å². The van der Waals surface area contributed by atoms with Gasteiger partial charge in [-0.3, -0.25) is 9.69 Å². The van der Waals surface area contributed by atoms with Gasteiger partial charge in [0.05, 0.1) is 17.8 Å². The number of aromatic nitrogens is 2. The fourth-order valence-electron chi connectivity index (χ4n) is 5.19. The molecule has 1 amide bonds. The highest BCUT2D eigenvalue weighted by atomic mass is 16.5. The minimum atomic E-state index is 0.109. The average Bonchev–Trinajstić information content (AvgIpc) is 3.26. The van der Waals surface area contributed by atoms with Crippen molar-refractivity contribution in [1.82, 2.24) is 19.4 Å². The van der Waals surface area contributed by atoms with Gasteiger partial charge in [-0.1, -0.05) is 44.1 Å². The highest BCUT2D eigenvalue weighted by molar-refractivity contribution is 5.79.